The van der Waals surface area contributed by atoms with Crippen LogP contribution in [0.4, 0.5) is 8.78 Å². The fourth-order valence-electron chi connectivity index (χ4n) is 2.33. The largest absolute Gasteiger partial charge is 0.294 e. The number of Topliss-reactive ketones (excluding diaryl/α,β-unsaturated/α-hetero) is 1. The van der Waals surface area contributed by atoms with Gasteiger partial charge in [-0.3, -0.25) is 9.59 Å². The van der Waals surface area contributed by atoms with Crippen molar-refractivity contribution in [3.63, 3.8) is 0 Å². The molecule has 0 saturated heterocycles. The molecule has 0 fully saturated rings. The van der Waals surface area contributed by atoms with E-state index in [9.17, 15) is 26.8 Å². The van der Waals surface area contributed by atoms with E-state index in [-0.39, 0.29) is 10.5 Å². The molecule has 0 atom stereocenters. The Bertz CT molecular complexity index is 971. The molecule has 0 bridgehead atoms. The second-order valence-corrected chi connectivity index (χ2v) is 7.50. The standard InChI is InChI=1S/C18H17F2NO4S/c1-11-3-4-12(2)17(9-11)26(24,25)21-18(23)8-7-16(22)14-6-5-13(19)10-15(14)20/h3-6,9-10H,7-8H2,1-2H3,(H,21,23). The zero-order valence-corrected chi connectivity index (χ0v) is 15.0. The molecule has 0 heterocycles. The van der Waals surface area contributed by atoms with Gasteiger partial charge < -0.3 is 0 Å². The lowest BCUT2D eigenvalue weighted by Crippen LogP contribution is -2.31. The van der Waals surface area contributed by atoms with Gasteiger partial charge in [0.15, 0.2) is 5.78 Å². The third-order valence-corrected chi connectivity index (χ3v) is 5.21. The third-order valence-electron chi connectivity index (χ3n) is 3.69. The average molecular weight is 381 g/mol. The van der Waals surface area contributed by atoms with Gasteiger partial charge in [-0.2, -0.15) is 0 Å². The van der Waals surface area contributed by atoms with E-state index in [2.05, 4.69) is 0 Å². The van der Waals surface area contributed by atoms with Crippen molar-refractivity contribution in [1.82, 2.24) is 4.72 Å². The average Bonchev–Trinajstić information content (AvgIpc) is 2.54. The summed E-state index contributed by atoms with van der Waals surface area (Å²) in [5, 5.41) is 0. The van der Waals surface area contributed by atoms with E-state index in [1.54, 1.807) is 26.0 Å². The summed E-state index contributed by atoms with van der Waals surface area (Å²) < 4.78 is 52.9. The van der Waals surface area contributed by atoms with Gasteiger partial charge in [0.2, 0.25) is 5.91 Å². The van der Waals surface area contributed by atoms with Crippen LogP contribution in [-0.4, -0.2) is 20.1 Å². The van der Waals surface area contributed by atoms with Crippen LogP contribution in [0.5, 0.6) is 0 Å². The van der Waals surface area contributed by atoms with E-state index in [4.69, 9.17) is 0 Å². The van der Waals surface area contributed by atoms with Crippen LogP contribution in [0.25, 0.3) is 0 Å². The molecule has 0 aliphatic rings. The molecule has 8 heteroatoms. The number of rotatable bonds is 6. The SMILES string of the molecule is Cc1ccc(C)c(S(=O)(=O)NC(=O)CCC(=O)c2ccc(F)cc2F)c1. The zero-order valence-electron chi connectivity index (χ0n) is 14.2. The lowest BCUT2D eigenvalue weighted by molar-refractivity contribution is -0.119. The molecule has 1 amide bonds. The summed E-state index contributed by atoms with van der Waals surface area (Å²) in [5.41, 5.74) is 0.835. The van der Waals surface area contributed by atoms with Crippen LogP contribution in [0.2, 0.25) is 0 Å². The molecular weight excluding hydrogens is 364 g/mol. The minimum absolute atomic E-state index is 0.0262. The summed E-state index contributed by atoms with van der Waals surface area (Å²) in [6.07, 6.45) is -0.851. The van der Waals surface area contributed by atoms with Crippen LogP contribution >= 0.6 is 0 Å². The predicted octanol–water partition coefficient (Wildman–Crippen LogP) is 3.05. The molecule has 0 spiro atoms. The van der Waals surface area contributed by atoms with Gasteiger partial charge in [-0.25, -0.2) is 21.9 Å². The quantitative estimate of drug-likeness (QED) is 0.780. The summed E-state index contributed by atoms with van der Waals surface area (Å²) in [5.74, 6) is -3.46. The first-order valence-corrected chi connectivity index (χ1v) is 9.19. The van der Waals surface area contributed by atoms with Crippen molar-refractivity contribution in [3.8, 4) is 0 Å². The summed E-state index contributed by atoms with van der Waals surface area (Å²) in [6, 6.07) is 7.28. The maximum Gasteiger partial charge on any atom is 0.264 e. The number of amides is 1. The van der Waals surface area contributed by atoms with Crippen molar-refractivity contribution < 1.29 is 26.8 Å². The van der Waals surface area contributed by atoms with Crippen molar-refractivity contribution in [1.29, 1.82) is 0 Å². The molecule has 2 aromatic rings. The highest BCUT2D eigenvalue weighted by atomic mass is 32.2. The molecule has 0 aromatic heterocycles. The molecule has 1 N–H and O–H groups in total. The molecule has 26 heavy (non-hydrogen) atoms. The van der Waals surface area contributed by atoms with Crippen LogP contribution in [0, 0.1) is 25.5 Å². The van der Waals surface area contributed by atoms with Gasteiger partial charge in [-0.05, 0) is 43.2 Å². The van der Waals surface area contributed by atoms with Crippen LogP contribution in [0.1, 0.15) is 34.3 Å². The number of hydrogen-bond donors (Lipinski definition) is 1. The highest BCUT2D eigenvalue weighted by Gasteiger charge is 2.21. The lowest BCUT2D eigenvalue weighted by Gasteiger charge is -2.10. The number of halogens is 2. The summed E-state index contributed by atoms with van der Waals surface area (Å²) >= 11 is 0. The minimum Gasteiger partial charge on any atom is -0.294 e. The topological polar surface area (TPSA) is 80.3 Å². The van der Waals surface area contributed by atoms with Crippen LogP contribution in [0.15, 0.2) is 41.3 Å². The van der Waals surface area contributed by atoms with Gasteiger partial charge in [0, 0.05) is 18.9 Å². The molecule has 0 aliphatic carbocycles. The number of ketones is 1. The summed E-state index contributed by atoms with van der Waals surface area (Å²) in [6.45, 7) is 3.31. The smallest absolute Gasteiger partial charge is 0.264 e. The maximum atomic E-state index is 13.5. The minimum atomic E-state index is -4.07. The van der Waals surface area contributed by atoms with Crippen LogP contribution in [-0.2, 0) is 14.8 Å². The van der Waals surface area contributed by atoms with Crippen molar-refractivity contribution in [2.75, 3.05) is 0 Å². The predicted molar refractivity (Wildman–Crippen MR) is 91.2 cm³/mol. The first-order chi connectivity index (χ1) is 12.1. The first kappa shape index (κ1) is 19.7. The van der Waals surface area contributed by atoms with E-state index < -0.39 is 46.2 Å². The van der Waals surface area contributed by atoms with Crippen molar-refractivity contribution in [2.24, 2.45) is 0 Å². The number of sulfonamides is 1. The number of benzene rings is 2. The van der Waals surface area contributed by atoms with Gasteiger partial charge in [0.05, 0.1) is 10.5 Å². The van der Waals surface area contributed by atoms with Crippen LogP contribution in [0.3, 0.4) is 0 Å². The third kappa shape index (κ3) is 4.72. The maximum absolute atomic E-state index is 13.5. The molecule has 0 aliphatic heterocycles. The van der Waals surface area contributed by atoms with Crippen molar-refractivity contribution in [3.05, 3.63) is 64.7 Å². The fourth-order valence-corrected chi connectivity index (χ4v) is 3.67. The normalized spacial score (nSPS) is 11.2. The summed E-state index contributed by atoms with van der Waals surface area (Å²) in [4.78, 5) is 23.8. The van der Waals surface area contributed by atoms with Crippen molar-refractivity contribution >= 4 is 21.7 Å². The lowest BCUT2D eigenvalue weighted by atomic mass is 10.1. The second kappa shape index (κ2) is 7.74. The first-order valence-electron chi connectivity index (χ1n) is 7.71. The fraction of sp³-hybridized carbons (Fsp3) is 0.222. The van der Waals surface area contributed by atoms with Crippen LogP contribution < -0.4 is 4.72 Å². The Morgan fingerprint density at radius 3 is 2.35 bits per heavy atom. The Morgan fingerprint density at radius 1 is 1.00 bits per heavy atom. The highest BCUT2D eigenvalue weighted by Crippen LogP contribution is 2.17. The molecule has 5 nitrogen and oxygen atoms in total. The number of aryl methyl sites for hydroxylation is 2. The Morgan fingerprint density at radius 2 is 1.69 bits per heavy atom. The van der Waals surface area contributed by atoms with Gasteiger partial charge in [-0.1, -0.05) is 12.1 Å². The molecule has 2 rings (SSSR count). The van der Waals surface area contributed by atoms with Gasteiger partial charge in [0.25, 0.3) is 10.0 Å². The number of nitrogens with one attached hydrogen (secondary N) is 1. The second-order valence-electron chi connectivity index (χ2n) is 5.84. The Kier molecular flexibility index (Phi) is 5.86. The monoisotopic (exact) mass is 381 g/mol. The molecule has 0 radical (unpaired) electrons. The number of carbonyl (C=O) groups excluding carboxylic acids is 2. The molecule has 2 aromatic carbocycles. The number of hydrogen-bond acceptors (Lipinski definition) is 4. The van der Waals surface area contributed by atoms with E-state index in [0.717, 1.165) is 12.1 Å². The zero-order chi connectivity index (χ0) is 19.5. The Balaban J connectivity index is 2.04. The molecular formula is C18H17F2NO4S. The Labute approximate surface area is 150 Å². The Hall–Kier alpha value is -2.61. The molecule has 138 valence electrons. The van der Waals surface area contributed by atoms with Gasteiger partial charge in [0.1, 0.15) is 11.6 Å². The van der Waals surface area contributed by atoms with Crippen molar-refractivity contribution in [2.45, 2.75) is 31.6 Å². The van der Waals surface area contributed by atoms with E-state index in [0.29, 0.717) is 17.2 Å². The highest BCUT2D eigenvalue weighted by molar-refractivity contribution is 7.90. The molecule has 0 unspecified atom stereocenters. The molecule has 0 saturated carbocycles. The van der Waals surface area contributed by atoms with Gasteiger partial charge >= 0.3 is 0 Å². The van der Waals surface area contributed by atoms with E-state index >= 15 is 0 Å². The van der Waals surface area contributed by atoms with E-state index in [1.807, 2.05) is 4.72 Å². The van der Waals surface area contributed by atoms with Gasteiger partial charge in [-0.15, -0.1) is 0 Å². The number of carbonyl (C=O) groups is 2. The van der Waals surface area contributed by atoms with E-state index in [1.165, 1.54) is 6.07 Å². The summed E-state index contributed by atoms with van der Waals surface area (Å²) in [7, 11) is -4.07.